The second-order valence-electron chi connectivity index (χ2n) is 3.55. The molecule has 0 amide bonds. The number of carbonyl (C=O) groups is 1. The predicted molar refractivity (Wildman–Crippen MR) is 51.5 cm³/mol. The molecule has 1 saturated heterocycles. The lowest BCUT2D eigenvalue weighted by atomic mass is 9.99. The molecule has 0 aromatic heterocycles. The van der Waals surface area contributed by atoms with Crippen molar-refractivity contribution in [2.75, 3.05) is 19.7 Å². The number of carbonyl (C=O) groups excluding carboxylic acids is 1. The number of unbranched alkanes of at least 4 members (excludes halogenated alkanes) is 1. The van der Waals surface area contributed by atoms with E-state index in [-0.39, 0.29) is 11.9 Å². The zero-order chi connectivity index (χ0) is 9.52. The maximum Gasteiger partial charge on any atom is 0.309 e. The van der Waals surface area contributed by atoms with Crippen LogP contribution < -0.4 is 5.32 Å². The van der Waals surface area contributed by atoms with Crippen molar-refractivity contribution in [3.05, 3.63) is 0 Å². The van der Waals surface area contributed by atoms with E-state index in [1.54, 1.807) is 0 Å². The molecule has 1 rings (SSSR count). The molecule has 0 saturated carbocycles. The molecular weight excluding hydrogens is 166 g/mol. The Bertz CT molecular complexity index is 153. The van der Waals surface area contributed by atoms with Gasteiger partial charge < -0.3 is 10.1 Å². The van der Waals surface area contributed by atoms with Gasteiger partial charge >= 0.3 is 5.97 Å². The molecule has 0 radical (unpaired) electrons. The van der Waals surface area contributed by atoms with Crippen LogP contribution in [-0.2, 0) is 9.53 Å². The molecule has 13 heavy (non-hydrogen) atoms. The summed E-state index contributed by atoms with van der Waals surface area (Å²) in [6, 6.07) is 0. The van der Waals surface area contributed by atoms with E-state index < -0.39 is 0 Å². The van der Waals surface area contributed by atoms with Gasteiger partial charge in [-0.25, -0.2) is 0 Å². The zero-order valence-electron chi connectivity index (χ0n) is 8.34. The molecule has 3 heteroatoms. The second-order valence-corrected chi connectivity index (χ2v) is 3.55. The number of rotatable bonds is 4. The largest absolute Gasteiger partial charge is 0.465 e. The van der Waals surface area contributed by atoms with Crippen LogP contribution >= 0.6 is 0 Å². The van der Waals surface area contributed by atoms with Gasteiger partial charge in [-0.3, -0.25) is 4.79 Å². The molecule has 76 valence electrons. The van der Waals surface area contributed by atoms with Gasteiger partial charge in [0, 0.05) is 0 Å². The van der Waals surface area contributed by atoms with Gasteiger partial charge in [0.15, 0.2) is 0 Å². The minimum absolute atomic E-state index is 0.00921. The lowest BCUT2D eigenvalue weighted by molar-refractivity contribution is -0.149. The third-order valence-corrected chi connectivity index (χ3v) is 2.41. The lowest BCUT2D eigenvalue weighted by Gasteiger charge is -2.20. The van der Waals surface area contributed by atoms with Crippen molar-refractivity contribution in [3.63, 3.8) is 0 Å². The summed E-state index contributed by atoms with van der Waals surface area (Å²) in [4.78, 5) is 11.4. The van der Waals surface area contributed by atoms with E-state index in [1.165, 1.54) is 0 Å². The molecule has 3 nitrogen and oxygen atoms in total. The van der Waals surface area contributed by atoms with E-state index >= 15 is 0 Å². The Labute approximate surface area is 79.8 Å². The summed E-state index contributed by atoms with van der Waals surface area (Å²) in [5.41, 5.74) is 0. The van der Waals surface area contributed by atoms with Crippen LogP contribution in [0.2, 0.25) is 0 Å². The van der Waals surface area contributed by atoms with E-state index in [0.717, 1.165) is 38.8 Å². The third kappa shape index (κ3) is 3.77. The number of nitrogens with one attached hydrogen (secondary N) is 1. The minimum atomic E-state index is 0.00921. The first-order valence-electron chi connectivity index (χ1n) is 5.22. The highest BCUT2D eigenvalue weighted by Gasteiger charge is 2.21. The van der Waals surface area contributed by atoms with Crippen molar-refractivity contribution < 1.29 is 9.53 Å². The zero-order valence-corrected chi connectivity index (χ0v) is 8.34. The number of piperidine rings is 1. The van der Waals surface area contributed by atoms with Crippen LogP contribution in [0.5, 0.6) is 0 Å². The van der Waals surface area contributed by atoms with Crippen molar-refractivity contribution in [3.8, 4) is 0 Å². The van der Waals surface area contributed by atoms with E-state index in [9.17, 15) is 4.79 Å². The fraction of sp³-hybridized carbons (Fsp3) is 0.900. The standard InChI is InChI=1S/C10H19NO2/c1-2-3-8-13-10(12)9-4-6-11-7-5-9/h9,11H,2-8H2,1H3. The Morgan fingerprint density at radius 3 is 2.77 bits per heavy atom. The molecule has 0 aliphatic carbocycles. The number of hydrogen-bond donors (Lipinski definition) is 1. The van der Waals surface area contributed by atoms with Gasteiger partial charge in [-0.1, -0.05) is 13.3 Å². The minimum Gasteiger partial charge on any atom is -0.465 e. The molecule has 1 fully saturated rings. The topological polar surface area (TPSA) is 38.3 Å². The van der Waals surface area contributed by atoms with E-state index in [4.69, 9.17) is 4.74 Å². The maximum atomic E-state index is 11.4. The Morgan fingerprint density at radius 2 is 2.15 bits per heavy atom. The smallest absolute Gasteiger partial charge is 0.309 e. The highest BCUT2D eigenvalue weighted by molar-refractivity contribution is 5.72. The van der Waals surface area contributed by atoms with Gasteiger partial charge in [0.1, 0.15) is 0 Å². The first-order valence-corrected chi connectivity index (χ1v) is 5.22. The predicted octanol–water partition coefficient (Wildman–Crippen LogP) is 1.33. The van der Waals surface area contributed by atoms with E-state index in [2.05, 4.69) is 12.2 Å². The van der Waals surface area contributed by atoms with Gasteiger partial charge in [-0.15, -0.1) is 0 Å². The molecule has 0 spiro atoms. The Hall–Kier alpha value is -0.570. The average Bonchev–Trinajstić information content (AvgIpc) is 2.19. The summed E-state index contributed by atoms with van der Waals surface area (Å²) in [6.07, 6.45) is 3.94. The van der Waals surface area contributed by atoms with Gasteiger partial charge in [-0.05, 0) is 32.4 Å². The normalized spacial score (nSPS) is 18.5. The summed E-state index contributed by atoms with van der Waals surface area (Å²) in [6.45, 7) is 4.60. The van der Waals surface area contributed by atoms with Crippen molar-refractivity contribution in [2.45, 2.75) is 32.6 Å². The number of ether oxygens (including phenoxy) is 1. The molecule has 1 aliphatic heterocycles. The second kappa shape index (κ2) is 5.97. The highest BCUT2D eigenvalue weighted by atomic mass is 16.5. The van der Waals surface area contributed by atoms with Crippen LogP contribution in [0.25, 0.3) is 0 Å². The van der Waals surface area contributed by atoms with Crippen LogP contribution in [0, 0.1) is 5.92 Å². The van der Waals surface area contributed by atoms with E-state index in [0.29, 0.717) is 6.61 Å². The van der Waals surface area contributed by atoms with Crippen LogP contribution in [0.4, 0.5) is 0 Å². The van der Waals surface area contributed by atoms with Crippen molar-refractivity contribution in [1.82, 2.24) is 5.32 Å². The molecule has 1 N–H and O–H groups in total. The van der Waals surface area contributed by atoms with Crippen LogP contribution in [0.1, 0.15) is 32.6 Å². The van der Waals surface area contributed by atoms with Crippen LogP contribution in [0.3, 0.4) is 0 Å². The number of hydrogen-bond acceptors (Lipinski definition) is 3. The Kier molecular flexibility index (Phi) is 4.83. The van der Waals surface area contributed by atoms with Crippen LogP contribution in [-0.4, -0.2) is 25.7 Å². The highest BCUT2D eigenvalue weighted by Crippen LogP contribution is 2.13. The maximum absolute atomic E-state index is 11.4. The van der Waals surface area contributed by atoms with Crippen molar-refractivity contribution in [1.29, 1.82) is 0 Å². The summed E-state index contributed by atoms with van der Waals surface area (Å²) >= 11 is 0. The first kappa shape index (κ1) is 10.5. The summed E-state index contributed by atoms with van der Waals surface area (Å²) < 4.78 is 5.16. The molecule has 1 aliphatic rings. The third-order valence-electron chi connectivity index (χ3n) is 2.41. The first-order chi connectivity index (χ1) is 6.34. The monoisotopic (exact) mass is 185 g/mol. The summed E-state index contributed by atoms with van der Waals surface area (Å²) in [5, 5.41) is 3.23. The molecule has 0 bridgehead atoms. The molecule has 0 aromatic carbocycles. The van der Waals surface area contributed by atoms with Crippen LogP contribution in [0.15, 0.2) is 0 Å². The SMILES string of the molecule is CCCCOC(=O)C1CCNCC1. The molecule has 0 aromatic rings. The molecule has 0 unspecified atom stereocenters. The average molecular weight is 185 g/mol. The summed E-state index contributed by atoms with van der Waals surface area (Å²) in [5.74, 6) is 0.160. The Balaban J connectivity index is 2.13. The summed E-state index contributed by atoms with van der Waals surface area (Å²) in [7, 11) is 0. The van der Waals surface area contributed by atoms with Gasteiger partial charge in [-0.2, -0.15) is 0 Å². The quantitative estimate of drug-likeness (QED) is 0.530. The van der Waals surface area contributed by atoms with Crippen molar-refractivity contribution >= 4 is 5.97 Å². The van der Waals surface area contributed by atoms with Gasteiger partial charge in [0.25, 0.3) is 0 Å². The fourth-order valence-electron chi connectivity index (χ4n) is 1.49. The number of esters is 1. The fourth-order valence-corrected chi connectivity index (χ4v) is 1.49. The Morgan fingerprint density at radius 1 is 1.46 bits per heavy atom. The van der Waals surface area contributed by atoms with Crippen molar-refractivity contribution in [2.24, 2.45) is 5.92 Å². The van der Waals surface area contributed by atoms with E-state index in [1.807, 2.05) is 0 Å². The van der Waals surface area contributed by atoms with Gasteiger partial charge in [0.05, 0.1) is 12.5 Å². The van der Waals surface area contributed by atoms with Gasteiger partial charge in [0.2, 0.25) is 0 Å². The lowest BCUT2D eigenvalue weighted by Crippen LogP contribution is -2.32. The molecule has 0 atom stereocenters. The molecular formula is C10H19NO2. The molecule has 1 heterocycles.